The molecule has 126 valence electrons. The Kier molecular flexibility index (Phi) is 4.47. The van der Waals surface area contributed by atoms with Crippen LogP contribution in [-0.4, -0.2) is 20.4 Å². The summed E-state index contributed by atoms with van der Waals surface area (Å²) in [6.07, 6.45) is 0. The number of nitrogens with zero attached hydrogens (tertiary/aromatic N) is 2. The smallest absolute Gasteiger partial charge is 0.335 e. The highest BCUT2D eigenvalue weighted by atomic mass is 16.3. The Balaban J connectivity index is 2.07. The summed E-state index contributed by atoms with van der Waals surface area (Å²) in [5.74, 6) is -0.462. The van der Waals surface area contributed by atoms with E-state index in [9.17, 15) is 14.7 Å². The van der Waals surface area contributed by atoms with E-state index in [2.05, 4.69) is 15.5 Å². The van der Waals surface area contributed by atoms with Crippen molar-refractivity contribution in [1.82, 2.24) is 9.55 Å². The van der Waals surface area contributed by atoms with Crippen molar-refractivity contribution in [2.75, 3.05) is 5.43 Å². The second kappa shape index (κ2) is 6.88. The number of hydrogen-bond acceptors (Lipinski definition) is 5. The first-order chi connectivity index (χ1) is 12.1. The summed E-state index contributed by atoms with van der Waals surface area (Å²) in [6.45, 7) is 1.57. The Morgan fingerprint density at radius 1 is 1.04 bits per heavy atom. The number of anilines is 1. The van der Waals surface area contributed by atoms with Gasteiger partial charge in [-0.1, -0.05) is 36.4 Å². The Labute approximate surface area is 142 Å². The van der Waals surface area contributed by atoms with Gasteiger partial charge in [0.1, 0.15) is 5.56 Å². The SMILES string of the molecule is CC(=NNc1ccccc1)c1c(O)n(-c2ccccc2)c(=O)[nH]c1=O. The van der Waals surface area contributed by atoms with Gasteiger partial charge in [0.25, 0.3) is 5.56 Å². The summed E-state index contributed by atoms with van der Waals surface area (Å²) in [7, 11) is 0. The number of aromatic hydroxyl groups is 1. The topological polar surface area (TPSA) is 99.5 Å². The lowest BCUT2D eigenvalue weighted by molar-refractivity contribution is 0.429. The van der Waals surface area contributed by atoms with Crippen molar-refractivity contribution in [3.05, 3.63) is 87.1 Å². The Morgan fingerprint density at radius 3 is 2.28 bits per heavy atom. The average Bonchev–Trinajstić information content (AvgIpc) is 2.61. The molecule has 7 nitrogen and oxygen atoms in total. The molecule has 25 heavy (non-hydrogen) atoms. The van der Waals surface area contributed by atoms with Gasteiger partial charge in [0.15, 0.2) is 0 Å². The van der Waals surface area contributed by atoms with Gasteiger partial charge in [-0.3, -0.25) is 15.2 Å². The van der Waals surface area contributed by atoms with E-state index in [1.807, 2.05) is 30.3 Å². The Hall–Kier alpha value is -3.61. The highest BCUT2D eigenvalue weighted by Gasteiger charge is 2.17. The van der Waals surface area contributed by atoms with Crippen LogP contribution in [0.5, 0.6) is 5.88 Å². The van der Waals surface area contributed by atoms with E-state index < -0.39 is 17.1 Å². The molecular weight excluding hydrogens is 320 g/mol. The van der Waals surface area contributed by atoms with Crippen LogP contribution in [0.4, 0.5) is 5.69 Å². The van der Waals surface area contributed by atoms with Crippen molar-refractivity contribution >= 4 is 11.4 Å². The molecule has 0 fully saturated rings. The molecule has 7 heteroatoms. The van der Waals surface area contributed by atoms with Crippen molar-refractivity contribution in [3.63, 3.8) is 0 Å². The molecule has 1 heterocycles. The number of nitrogens with one attached hydrogen (secondary N) is 2. The number of hydrogen-bond donors (Lipinski definition) is 3. The van der Waals surface area contributed by atoms with Gasteiger partial charge in [0, 0.05) is 0 Å². The van der Waals surface area contributed by atoms with Crippen molar-refractivity contribution in [3.8, 4) is 11.6 Å². The molecule has 0 amide bonds. The Morgan fingerprint density at radius 2 is 1.64 bits per heavy atom. The average molecular weight is 336 g/mol. The first-order valence-electron chi connectivity index (χ1n) is 7.57. The van der Waals surface area contributed by atoms with Crippen LogP contribution in [-0.2, 0) is 0 Å². The van der Waals surface area contributed by atoms with Crippen molar-refractivity contribution in [2.45, 2.75) is 6.92 Å². The van der Waals surface area contributed by atoms with Crippen molar-refractivity contribution < 1.29 is 5.11 Å². The number of rotatable bonds is 4. The molecule has 0 aliphatic rings. The van der Waals surface area contributed by atoms with Crippen LogP contribution in [0.1, 0.15) is 12.5 Å². The van der Waals surface area contributed by atoms with Crippen molar-refractivity contribution in [2.24, 2.45) is 5.10 Å². The lowest BCUT2D eigenvalue weighted by atomic mass is 10.2. The predicted molar refractivity (Wildman–Crippen MR) is 96.6 cm³/mol. The fourth-order valence-electron chi connectivity index (χ4n) is 2.38. The van der Waals surface area contributed by atoms with Crippen LogP contribution in [0.15, 0.2) is 75.4 Å². The van der Waals surface area contributed by atoms with Gasteiger partial charge in [0.05, 0.1) is 17.1 Å². The van der Waals surface area contributed by atoms with Crippen LogP contribution in [0.25, 0.3) is 5.69 Å². The molecule has 0 saturated carbocycles. The lowest BCUT2D eigenvalue weighted by Gasteiger charge is -2.11. The molecule has 0 atom stereocenters. The van der Waals surface area contributed by atoms with Crippen LogP contribution in [0.2, 0.25) is 0 Å². The predicted octanol–water partition coefficient (Wildman–Crippen LogP) is 2.07. The second-order valence-corrected chi connectivity index (χ2v) is 5.30. The fourth-order valence-corrected chi connectivity index (χ4v) is 2.38. The maximum atomic E-state index is 12.2. The first-order valence-corrected chi connectivity index (χ1v) is 7.57. The minimum absolute atomic E-state index is 0.0770. The van der Waals surface area contributed by atoms with Crippen molar-refractivity contribution in [1.29, 1.82) is 0 Å². The van der Waals surface area contributed by atoms with E-state index in [0.29, 0.717) is 5.69 Å². The standard InChI is InChI=1S/C18H16N4O3/c1-12(20-21-13-8-4-2-5-9-13)15-16(23)19-18(25)22(17(15)24)14-10-6-3-7-11-14/h2-11,21,24H,1H3,(H,19,23,25). The zero-order chi connectivity index (χ0) is 17.8. The number of benzene rings is 2. The lowest BCUT2D eigenvalue weighted by Crippen LogP contribution is -2.32. The molecule has 0 unspecified atom stereocenters. The van der Waals surface area contributed by atoms with E-state index in [0.717, 1.165) is 10.3 Å². The highest BCUT2D eigenvalue weighted by molar-refractivity contribution is 6.00. The molecule has 0 bridgehead atoms. The van der Waals surface area contributed by atoms with Gasteiger partial charge >= 0.3 is 5.69 Å². The number of aromatic nitrogens is 2. The largest absolute Gasteiger partial charge is 0.493 e. The minimum Gasteiger partial charge on any atom is -0.493 e. The number of hydrazone groups is 1. The summed E-state index contributed by atoms with van der Waals surface area (Å²) in [6, 6.07) is 17.7. The monoisotopic (exact) mass is 336 g/mol. The highest BCUT2D eigenvalue weighted by Crippen LogP contribution is 2.17. The zero-order valence-corrected chi connectivity index (χ0v) is 13.4. The van der Waals surface area contributed by atoms with Gasteiger partial charge in [-0.05, 0) is 31.2 Å². The summed E-state index contributed by atoms with van der Waals surface area (Å²) >= 11 is 0. The molecular formula is C18H16N4O3. The van der Waals surface area contributed by atoms with Gasteiger partial charge in [0.2, 0.25) is 5.88 Å². The van der Waals surface area contributed by atoms with E-state index in [4.69, 9.17) is 0 Å². The van der Waals surface area contributed by atoms with Gasteiger partial charge in [-0.2, -0.15) is 5.10 Å². The molecule has 0 aliphatic heterocycles. The van der Waals surface area contributed by atoms with E-state index in [-0.39, 0.29) is 11.3 Å². The third-order valence-electron chi connectivity index (χ3n) is 3.59. The van der Waals surface area contributed by atoms with Crippen LogP contribution >= 0.6 is 0 Å². The molecule has 3 aromatic rings. The fraction of sp³-hybridized carbons (Fsp3) is 0.0556. The maximum absolute atomic E-state index is 12.2. The summed E-state index contributed by atoms with van der Waals surface area (Å²) in [5.41, 5.74) is 2.72. The van der Waals surface area contributed by atoms with Gasteiger partial charge < -0.3 is 5.11 Å². The number of para-hydroxylation sites is 2. The van der Waals surface area contributed by atoms with Gasteiger partial charge in [-0.15, -0.1) is 0 Å². The number of aromatic amines is 1. The van der Waals surface area contributed by atoms with E-state index >= 15 is 0 Å². The van der Waals surface area contributed by atoms with E-state index in [1.165, 1.54) is 0 Å². The van der Waals surface area contributed by atoms with Crippen LogP contribution < -0.4 is 16.7 Å². The summed E-state index contributed by atoms with van der Waals surface area (Å²) in [5, 5.41) is 14.6. The molecule has 2 aromatic carbocycles. The third kappa shape index (κ3) is 3.35. The second-order valence-electron chi connectivity index (χ2n) is 5.30. The Bertz CT molecular complexity index is 1020. The summed E-state index contributed by atoms with van der Waals surface area (Å²) in [4.78, 5) is 26.5. The molecule has 0 spiro atoms. The van der Waals surface area contributed by atoms with Crippen LogP contribution in [0, 0.1) is 0 Å². The first kappa shape index (κ1) is 16.3. The third-order valence-corrected chi connectivity index (χ3v) is 3.59. The number of H-pyrrole nitrogens is 1. The molecule has 3 N–H and O–H groups in total. The zero-order valence-electron chi connectivity index (χ0n) is 13.4. The molecule has 0 aliphatic carbocycles. The van der Waals surface area contributed by atoms with Crippen LogP contribution in [0.3, 0.4) is 0 Å². The minimum atomic E-state index is -0.721. The quantitative estimate of drug-likeness (QED) is 0.501. The normalized spacial score (nSPS) is 11.3. The maximum Gasteiger partial charge on any atom is 0.335 e. The van der Waals surface area contributed by atoms with Gasteiger partial charge in [-0.25, -0.2) is 9.36 Å². The molecule has 3 rings (SSSR count). The molecule has 1 aromatic heterocycles. The molecule has 0 radical (unpaired) electrons. The molecule has 0 saturated heterocycles. The summed E-state index contributed by atoms with van der Waals surface area (Å²) < 4.78 is 1.03. The van der Waals surface area contributed by atoms with E-state index in [1.54, 1.807) is 37.3 Å².